The minimum atomic E-state index is -0.878. The first-order chi connectivity index (χ1) is 8.54. The summed E-state index contributed by atoms with van der Waals surface area (Å²) in [7, 11) is 0. The van der Waals surface area contributed by atoms with Gasteiger partial charge in [-0.1, -0.05) is 0 Å². The van der Waals surface area contributed by atoms with E-state index in [0.29, 0.717) is 12.6 Å². The Balaban J connectivity index is 1.72. The standard InChI is InChI=1S/C12H9F2NO3/c13-7-2-8(14)4-9(3-7)18-12(17)15-5-6-1-10(6)11(15)16/h2-4,6,10H,1,5H2. The summed E-state index contributed by atoms with van der Waals surface area (Å²) >= 11 is 0. The highest BCUT2D eigenvalue weighted by Crippen LogP contribution is 2.46. The molecule has 6 heteroatoms. The quantitative estimate of drug-likeness (QED) is 0.768. The van der Waals surface area contributed by atoms with Crippen LogP contribution in [0.5, 0.6) is 5.75 Å². The highest BCUT2D eigenvalue weighted by molar-refractivity contribution is 5.97. The highest BCUT2D eigenvalue weighted by atomic mass is 19.1. The third-order valence-corrected chi connectivity index (χ3v) is 3.18. The van der Waals surface area contributed by atoms with Crippen molar-refractivity contribution in [3.63, 3.8) is 0 Å². The Morgan fingerprint density at radius 1 is 1.28 bits per heavy atom. The SMILES string of the molecule is O=C(Oc1cc(F)cc(F)c1)N1CC2CC2C1=O. The average Bonchev–Trinajstić information content (AvgIpc) is 2.96. The van der Waals surface area contributed by atoms with Gasteiger partial charge in [0, 0.05) is 30.7 Å². The lowest BCUT2D eigenvalue weighted by Gasteiger charge is -2.15. The Morgan fingerprint density at radius 2 is 1.94 bits per heavy atom. The zero-order valence-electron chi connectivity index (χ0n) is 9.23. The lowest BCUT2D eigenvalue weighted by molar-refractivity contribution is -0.127. The lowest BCUT2D eigenvalue weighted by Crippen LogP contribution is -2.36. The summed E-state index contributed by atoms with van der Waals surface area (Å²) in [6.07, 6.45) is -0.0609. The molecule has 4 nitrogen and oxygen atoms in total. The molecule has 2 fully saturated rings. The number of piperidine rings is 1. The summed E-state index contributed by atoms with van der Waals surface area (Å²) in [5.74, 6) is -2.02. The molecular formula is C12H9F2NO3. The van der Waals surface area contributed by atoms with E-state index in [9.17, 15) is 18.4 Å². The second-order valence-electron chi connectivity index (χ2n) is 4.52. The van der Waals surface area contributed by atoms with Crippen LogP contribution in [0.25, 0.3) is 0 Å². The predicted octanol–water partition coefficient (Wildman–Crippen LogP) is 1.94. The molecule has 1 aliphatic carbocycles. The van der Waals surface area contributed by atoms with Gasteiger partial charge in [-0.15, -0.1) is 0 Å². The van der Waals surface area contributed by atoms with Gasteiger partial charge in [-0.05, 0) is 12.3 Å². The third kappa shape index (κ3) is 1.83. The normalized spacial score (nSPS) is 25.0. The topological polar surface area (TPSA) is 46.6 Å². The number of carbonyl (C=O) groups excluding carboxylic acids is 2. The van der Waals surface area contributed by atoms with Crippen molar-refractivity contribution in [2.75, 3.05) is 6.54 Å². The zero-order chi connectivity index (χ0) is 12.9. The summed E-state index contributed by atoms with van der Waals surface area (Å²) in [6, 6.07) is 2.46. The molecule has 0 aromatic heterocycles. The first kappa shape index (κ1) is 11.1. The number of imide groups is 1. The van der Waals surface area contributed by atoms with E-state index in [1.807, 2.05) is 0 Å². The molecule has 1 heterocycles. The van der Waals surface area contributed by atoms with Crippen molar-refractivity contribution in [3.8, 4) is 5.75 Å². The average molecular weight is 253 g/mol. The van der Waals surface area contributed by atoms with Gasteiger partial charge in [0.25, 0.3) is 0 Å². The van der Waals surface area contributed by atoms with Crippen LogP contribution in [0.1, 0.15) is 6.42 Å². The molecule has 94 valence electrons. The first-order valence-corrected chi connectivity index (χ1v) is 5.54. The molecule has 1 aliphatic heterocycles. The van der Waals surface area contributed by atoms with Gasteiger partial charge >= 0.3 is 6.09 Å². The number of carbonyl (C=O) groups is 2. The van der Waals surface area contributed by atoms with Crippen molar-refractivity contribution in [1.29, 1.82) is 0 Å². The Hall–Kier alpha value is -1.98. The van der Waals surface area contributed by atoms with Crippen LogP contribution in [0.4, 0.5) is 13.6 Å². The van der Waals surface area contributed by atoms with Crippen LogP contribution in [0, 0.1) is 23.5 Å². The predicted molar refractivity (Wildman–Crippen MR) is 55.7 cm³/mol. The molecule has 1 aromatic rings. The fourth-order valence-corrected chi connectivity index (χ4v) is 2.18. The number of nitrogens with zero attached hydrogens (tertiary/aromatic N) is 1. The molecule has 2 atom stereocenters. The maximum atomic E-state index is 12.9. The fourth-order valence-electron chi connectivity index (χ4n) is 2.18. The van der Waals surface area contributed by atoms with Crippen molar-refractivity contribution in [2.24, 2.45) is 11.8 Å². The van der Waals surface area contributed by atoms with Gasteiger partial charge in [-0.25, -0.2) is 18.5 Å². The van der Waals surface area contributed by atoms with Gasteiger partial charge in [0.1, 0.15) is 17.4 Å². The Bertz CT molecular complexity index is 526. The summed E-state index contributed by atoms with van der Waals surface area (Å²) in [6.45, 7) is 0.333. The second kappa shape index (κ2) is 3.76. The Morgan fingerprint density at radius 3 is 2.50 bits per heavy atom. The molecule has 1 saturated carbocycles. The number of benzene rings is 1. The second-order valence-corrected chi connectivity index (χ2v) is 4.52. The molecule has 2 amide bonds. The number of halogens is 2. The van der Waals surface area contributed by atoms with Crippen molar-refractivity contribution in [3.05, 3.63) is 29.8 Å². The Kier molecular flexibility index (Phi) is 2.33. The monoisotopic (exact) mass is 253 g/mol. The van der Waals surface area contributed by atoms with E-state index in [4.69, 9.17) is 4.74 Å². The number of rotatable bonds is 1. The molecule has 1 aromatic carbocycles. The maximum absolute atomic E-state index is 12.9. The molecule has 2 unspecified atom stereocenters. The highest BCUT2D eigenvalue weighted by Gasteiger charge is 2.54. The molecule has 0 spiro atoms. The van der Waals surface area contributed by atoms with Gasteiger partial charge in [-0.3, -0.25) is 4.79 Å². The molecule has 0 bridgehead atoms. The van der Waals surface area contributed by atoms with Crippen LogP contribution in [0.15, 0.2) is 18.2 Å². The largest absolute Gasteiger partial charge is 0.422 e. The molecule has 0 N–H and O–H groups in total. The van der Waals surface area contributed by atoms with E-state index < -0.39 is 17.7 Å². The zero-order valence-corrected chi connectivity index (χ0v) is 9.23. The molecule has 3 rings (SSSR count). The van der Waals surface area contributed by atoms with Crippen LogP contribution in [-0.2, 0) is 4.79 Å². The van der Waals surface area contributed by atoms with Crippen LogP contribution in [0.3, 0.4) is 0 Å². The number of amides is 2. The van der Waals surface area contributed by atoms with Crippen LogP contribution in [0.2, 0.25) is 0 Å². The Labute approximate surface area is 101 Å². The van der Waals surface area contributed by atoms with E-state index in [0.717, 1.165) is 23.5 Å². The maximum Gasteiger partial charge on any atom is 0.422 e. The molecular weight excluding hydrogens is 244 g/mol. The summed E-state index contributed by atoms with van der Waals surface area (Å²) in [5, 5.41) is 0. The molecule has 0 radical (unpaired) electrons. The first-order valence-electron chi connectivity index (χ1n) is 5.54. The van der Waals surface area contributed by atoms with Crippen LogP contribution >= 0.6 is 0 Å². The van der Waals surface area contributed by atoms with Crippen LogP contribution in [-0.4, -0.2) is 23.4 Å². The number of hydrogen-bond acceptors (Lipinski definition) is 3. The number of fused-ring (bicyclic) bond motifs is 1. The van der Waals surface area contributed by atoms with E-state index in [1.165, 1.54) is 0 Å². The number of hydrogen-bond donors (Lipinski definition) is 0. The number of likely N-dealkylation sites (tertiary alicyclic amines) is 1. The van der Waals surface area contributed by atoms with Crippen molar-refractivity contribution in [2.45, 2.75) is 6.42 Å². The van der Waals surface area contributed by atoms with Gasteiger partial charge in [0.15, 0.2) is 0 Å². The van der Waals surface area contributed by atoms with Gasteiger partial charge in [0.2, 0.25) is 5.91 Å². The van der Waals surface area contributed by atoms with E-state index >= 15 is 0 Å². The van der Waals surface area contributed by atoms with Crippen LogP contribution < -0.4 is 4.74 Å². The number of ether oxygens (including phenoxy) is 1. The van der Waals surface area contributed by atoms with Crippen molar-refractivity contribution < 1.29 is 23.1 Å². The molecule has 1 saturated heterocycles. The van der Waals surface area contributed by atoms with Crippen molar-refractivity contribution in [1.82, 2.24) is 4.90 Å². The fraction of sp³-hybridized carbons (Fsp3) is 0.333. The smallest absolute Gasteiger partial charge is 0.410 e. The lowest BCUT2D eigenvalue weighted by atomic mass is 10.3. The summed E-state index contributed by atoms with van der Waals surface area (Å²) in [4.78, 5) is 24.2. The van der Waals surface area contributed by atoms with Gasteiger partial charge in [0.05, 0.1) is 0 Å². The van der Waals surface area contributed by atoms with Gasteiger partial charge < -0.3 is 4.74 Å². The molecule has 2 aliphatic rings. The molecule has 18 heavy (non-hydrogen) atoms. The summed E-state index contributed by atoms with van der Waals surface area (Å²) < 4.78 is 30.6. The van der Waals surface area contributed by atoms with E-state index in [-0.39, 0.29) is 23.5 Å². The van der Waals surface area contributed by atoms with Gasteiger partial charge in [-0.2, -0.15) is 0 Å². The minimum Gasteiger partial charge on any atom is -0.410 e. The summed E-state index contributed by atoms with van der Waals surface area (Å²) in [5.41, 5.74) is 0. The van der Waals surface area contributed by atoms with E-state index in [1.54, 1.807) is 0 Å². The third-order valence-electron chi connectivity index (χ3n) is 3.18. The van der Waals surface area contributed by atoms with E-state index in [2.05, 4.69) is 0 Å². The van der Waals surface area contributed by atoms with Crippen molar-refractivity contribution >= 4 is 12.0 Å². The minimum absolute atomic E-state index is 0.0678.